The first kappa shape index (κ1) is 16.3. The van der Waals surface area contributed by atoms with Gasteiger partial charge in [-0.15, -0.1) is 0 Å². The van der Waals surface area contributed by atoms with E-state index < -0.39 is 0 Å². The first-order valence-electron chi connectivity index (χ1n) is 6.34. The van der Waals surface area contributed by atoms with Crippen LogP contribution in [0.2, 0.25) is 5.02 Å². The lowest BCUT2D eigenvalue weighted by Gasteiger charge is -2.05. The van der Waals surface area contributed by atoms with E-state index >= 15 is 0 Å². The van der Waals surface area contributed by atoms with Crippen LogP contribution in [0.1, 0.15) is 5.56 Å². The Morgan fingerprint density at radius 2 is 2.00 bits per heavy atom. The molecule has 0 unspecified atom stereocenters. The fourth-order valence-corrected chi connectivity index (χ4v) is 2.10. The summed E-state index contributed by atoms with van der Waals surface area (Å²) >= 11 is 9.07. The number of aromatic hydroxyl groups is 1. The summed E-state index contributed by atoms with van der Waals surface area (Å²) in [5, 5.41) is 17.0. The highest BCUT2D eigenvalue weighted by molar-refractivity contribution is 9.10. The molecule has 2 aromatic carbocycles. The summed E-state index contributed by atoms with van der Waals surface area (Å²) in [5.41, 5.74) is 3.66. The quantitative estimate of drug-likeness (QED) is 0.548. The summed E-state index contributed by atoms with van der Waals surface area (Å²) in [7, 11) is 0. The molecule has 3 N–H and O–H groups in total. The van der Waals surface area contributed by atoms with Gasteiger partial charge < -0.3 is 10.4 Å². The molecular weight excluding hydrogens is 370 g/mol. The SMILES string of the molecule is O=C(CNc1ccc(Cl)cc1)N/N=C\c1cc(Br)ccc1O. The Morgan fingerprint density at radius 1 is 1.27 bits per heavy atom. The minimum absolute atomic E-state index is 0.0729. The van der Waals surface area contributed by atoms with Crippen molar-refractivity contribution in [2.75, 3.05) is 11.9 Å². The average molecular weight is 383 g/mol. The zero-order valence-electron chi connectivity index (χ0n) is 11.4. The number of rotatable bonds is 5. The van der Waals surface area contributed by atoms with Gasteiger partial charge in [0.05, 0.1) is 12.8 Å². The van der Waals surface area contributed by atoms with Gasteiger partial charge in [0.15, 0.2) is 0 Å². The van der Waals surface area contributed by atoms with E-state index in [1.54, 1.807) is 36.4 Å². The third kappa shape index (κ3) is 5.05. The van der Waals surface area contributed by atoms with Gasteiger partial charge in [0.2, 0.25) is 0 Å². The predicted molar refractivity (Wildman–Crippen MR) is 91.5 cm³/mol. The summed E-state index contributed by atoms with van der Waals surface area (Å²) in [4.78, 5) is 11.6. The molecule has 0 aromatic heterocycles. The fraction of sp³-hybridized carbons (Fsp3) is 0.0667. The van der Waals surface area contributed by atoms with Gasteiger partial charge in [0, 0.05) is 20.7 Å². The molecule has 0 aliphatic rings. The van der Waals surface area contributed by atoms with Gasteiger partial charge in [-0.25, -0.2) is 5.43 Å². The molecule has 2 aromatic rings. The third-order valence-corrected chi connectivity index (χ3v) is 3.42. The van der Waals surface area contributed by atoms with Crippen molar-refractivity contribution in [3.63, 3.8) is 0 Å². The molecule has 2 rings (SSSR count). The number of nitrogens with one attached hydrogen (secondary N) is 2. The van der Waals surface area contributed by atoms with Gasteiger partial charge in [0.25, 0.3) is 5.91 Å². The third-order valence-electron chi connectivity index (χ3n) is 2.68. The average Bonchev–Trinajstić information content (AvgIpc) is 2.50. The fourth-order valence-electron chi connectivity index (χ4n) is 1.59. The van der Waals surface area contributed by atoms with Gasteiger partial charge >= 0.3 is 0 Å². The highest BCUT2D eigenvalue weighted by Crippen LogP contribution is 2.19. The number of nitrogens with zero attached hydrogens (tertiary/aromatic N) is 1. The molecule has 0 spiro atoms. The lowest BCUT2D eigenvalue weighted by Crippen LogP contribution is -2.25. The molecule has 0 saturated heterocycles. The first-order valence-corrected chi connectivity index (χ1v) is 7.51. The smallest absolute Gasteiger partial charge is 0.259 e. The van der Waals surface area contributed by atoms with Gasteiger partial charge in [0.1, 0.15) is 5.75 Å². The number of anilines is 1. The van der Waals surface area contributed by atoms with E-state index in [0.717, 1.165) is 10.2 Å². The van der Waals surface area contributed by atoms with Gasteiger partial charge in [-0.05, 0) is 42.5 Å². The molecule has 7 heteroatoms. The molecule has 1 amide bonds. The van der Waals surface area contributed by atoms with Crippen molar-refractivity contribution >= 4 is 45.3 Å². The van der Waals surface area contributed by atoms with E-state index in [0.29, 0.717) is 10.6 Å². The number of phenols is 1. The summed E-state index contributed by atoms with van der Waals surface area (Å²) < 4.78 is 0.808. The van der Waals surface area contributed by atoms with Crippen LogP contribution in [0.15, 0.2) is 52.0 Å². The standard InChI is InChI=1S/C15H13BrClN3O2/c16-11-1-6-14(21)10(7-11)8-19-20-15(22)9-18-13-4-2-12(17)3-5-13/h1-8,18,21H,9H2,(H,20,22)/b19-8-. The van der Waals surface area contributed by atoms with Crippen LogP contribution >= 0.6 is 27.5 Å². The van der Waals surface area contributed by atoms with E-state index in [4.69, 9.17) is 11.6 Å². The second-order valence-electron chi connectivity index (χ2n) is 4.36. The Bertz CT molecular complexity index is 690. The molecule has 0 aliphatic heterocycles. The van der Waals surface area contributed by atoms with Crippen molar-refractivity contribution in [1.82, 2.24) is 5.43 Å². The minimum Gasteiger partial charge on any atom is -0.507 e. The predicted octanol–water partition coefficient (Wildman–Crippen LogP) is 3.37. The number of carbonyl (C=O) groups excluding carboxylic acids is 1. The molecule has 22 heavy (non-hydrogen) atoms. The maximum absolute atomic E-state index is 11.6. The van der Waals surface area contributed by atoms with Gasteiger partial charge in [-0.1, -0.05) is 27.5 Å². The van der Waals surface area contributed by atoms with Gasteiger partial charge in [-0.3, -0.25) is 4.79 Å². The maximum atomic E-state index is 11.6. The van der Waals surface area contributed by atoms with Crippen LogP contribution in [0.3, 0.4) is 0 Å². The second-order valence-corrected chi connectivity index (χ2v) is 5.71. The van der Waals surface area contributed by atoms with Crippen LogP contribution in [0.4, 0.5) is 5.69 Å². The number of hydrazone groups is 1. The monoisotopic (exact) mass is 381 g/mol. The van der Waals surface area contributed by atoms with Crippen LogP contribution in [-0.2, 0) is 4.79 Å². The Balaban J connectivity index is 1.83. The largest absolute Gasteiger partial charge is 0.507 e. The van der Waals surface area contributed by atoms with Crippen LogP contribution in [0, 0.1) is 0 Å². The van der Waals surface area contributed by atoms with Crippen molar-refractivity contribution in [2.45, 2.75) is 0 Å². The topological polar surface area (TPSA) is 73.7 Å². The number of carbonyl (C=O) groups is 1. The number of benzene rings is 2. The molecule has 114 valence electrons. The van der Waals surface area contributed by atoms with Gasteiger partial charge in [-0.2, -0.15) is 5.10 Å². The van der Waals surface area contributed by atoms with Crippen LogP contribution in [0.5, 0.6) is 5.75 Å². The Kier molecular flexibility index (Phi) is 5.80. The molecule has 5 nitrogen and oxygen atoms in total. The number of halogens is 2. The van der Waals surface area contributed by atoms with E-state index in [-0.39, 0.29) is 18.2 Å². The highest BCUT2D eigenvalue weighted by atomic mass is 79.9. The lowest BCUT2D eigenvalue weighted by atomic mass is 10.2. The molecule has 0 heterocycles. The normalized spacial score (nSPS) is 10.6. The molecule has 0 fully saturated rings. The van der Waals surface area contributed by atoms with E-state index in [1.807, 2.05) is 0 Å². The summed E-state index contributed by atoms with van der Waals surface area (Å²) in [5.74, 6) is -0.221. The molecule has 0 saturated carbocycles. The Labute approximate surface area is 141 Å². The molecule has 0 aliphatic carbocycles. The zero-order chi connectivity index (χ0) is 15.9. The van der Waals surface area contributed by atoms with E-state index in [1.165, 1.54) is 12.3 Å². The molecule has 0 bridgehead atoms. The zero-order valence-corrected chi connectivity index (χ0v) is 13.7. The summed E-state index contributed by atoms with van der Waals surface area (Å²) in [6.07, 6.45) is 1.38. The second kappa shape index (κ2) is 7.82. The number of amides is 1. The molecular formula is C15H13BrClN3O2. The van der Waals surface area contributed by atoms with Crippen molar-refractivity contribution in [1.29, 1.82) is 0 Å². The minimum atomic E-state index is -0.305. The summed E-state index contributed by atoms with van der Waals surface area (Å²) in [6.45, 7) is 0.0729. The van der Waals surface area contributed by atoms with Crippen LogP contribution in [0.25, 0.3) is 0 Å². The summed E-state index contributed by atoms with van der Waals surface area (Å²) in [6, 6.07) is 12.0. The Hall–Kier alpha value is -2.05. The number of hydrogen-bond acceptors (Lipinski definition) is 4. The van der Waals surface area contributed by atoms with E-state index in [2.05, 4.69) is 31.8 Å². The lowest BCUT2D eigenvalue weighted by molar-refractivity contribution is -0.119. The van der Waals surface area contributed by atoms with Crippen molar-refractivity contribution in [3.05, 3.63) is 57.5 Å². The maximum Gasteiger partial charge on any atom is 0.259 e. The molecule has 0 atom stereocenters. The highest BCUT2D eigenvalue weighted by Gasteiger charge is 2.01. The number of hydrogen-bond donors (Lipinski definition) is 3. The first-order chi connectivity index (χ1) is 10.5. The molecule has 0 radical (unpaired) electrons. The van der Waals surface area contributed by atoms with Crippen LogP contribution in [-0.4, -0.2) is 23.8 Å². The van der Waals surface area contributed by atoms with Crippen molar-refractivity contribution < 1.29 is 9.90 Å². The Morgan fingerprint density at radius 3 is 2.73 bits per heavy atom. The van der Waals surface area contributed by atoms with Crippen LogP contribution < -0.4 is 10.7 Å². The van der Waals surface area contributed by atoms with Crippen molar-refractivity contribution in [3.8, 4) is 5.75 Å². The van der Waals surface area contributed by atoms with Crippen molar-refractivity contribution in [2.24, 2.45) is 5.10 Å². The number of phenolic OH excluding ortho intramolecular Hbond substituents is 1. The van der Waals surface area contributed by atoms with E-state index in [9.17, 15) is 9.90 Å².